The fourth-order valence-corrected chi connectivity index (χ4v) is 2.24. The van der Waals surface area contributed by atoms with Crippen LogP contribution in [0.3, 0.4) is 0 Å². The molecule has 3 N–H and O–H groups in total. The monoisotopic (exact) mass is 336 g/mol. The molecule has 0 spiro atoms. The van der Waals surface area contributed by atoms with Crippen LogP contribution in [0.5, 0.6) is 0 Å². The molecular weight excluding hydrogens is 320 g/mol. The summed E-state index contributed by atoms with van der Waals surface area (Å²) in [4.78, 5) is 22.2. The maximum atomic E-state index is 11.8. The van der Waals surface area contributed by atoms with Gasteiger partial charge >= 0.3 is 5.97 Å². The van der Waals surface area contributed by atoms with Gasteiger partial charge in [0.25, 0.3) is 5.91 Å². The number of benzene rings is 2. The quantitative estimate of drug-likeness (QED) is 0.642. The number of carbonyl (C=O) groups excluding carboxylic acids is 1. The minimum Gasteiger partial charge on any atom is -0.480 e. The summed E-state index contributed by atoms with van der Waals surface area (Å²) in [5.74, 6) is -1.51. The second kappa shape index (κ2) is 7.31. The van der Waals surface area contributed by atoms with Crippen molar-refractivity contribution < 1.29 is 14.7 Å². The van der Waals surface area contributed by atoms with Crippen molar-refractivity contribution in [2.45, 2.75) is 0 Å². The van der Waals surface area contributed by atoms with E-state index in [9.17, 15) is 9.59 Å². The maximum Gasteiger partial charge on any atom is 0.322 e. The van der Waals surface area contributed by atoms with Crippen molar-refractivity contribution in [2.75, 3.05) is 11.9 Å². The Balaban J connectivity index is 1.65. The molecule has 1 amide bonds. The zero-order valence-corrected chi connectivity index (χ0v) is 13.2. The summed E-state index contributed by atoms with van der Waals surface area (Å²) in [5.41, 5.74) is 2.96. The first kappa shape index (κ1) is 16.3. The molecule has 0 aliphatic heterocycles. The molecule has 3 rings (SSSR count). The lowest BCUT2D eigenvalue weighted by atomic mass is 10.2. The number of anilines is 2. The van der Waals surface area contributed by atoms with Gasteiger partial charge in [0.15, 0.2) is 0 Å². The number of rotatable bonds is 6. The Hall–Kier alpha value is -3.61. The topological polar surface area (TPSA) is 96.2 Å². The van der Waals surface area contributed by atoms with E-state index in [0.29, 0.717) is 5.56 Å². The van der Waals surface area contributed by atoms with Crippen LogP contribution in [0.4, 0.5) is 11.4 Å². The van der Waals surface area contributed by atoms with Crippen LogP contribution in [0.15, 0.2) is 67.0 Å². The molecule has 25 heavy (non-hydrogen) atoms. The van der Waals surface area contributed by atoms with Gasteiger partial charge in [0.2, 0.25) is 0 Å². The Bertz CT molecular complexity index is 873. The zero-order valence-electron chi connectivity index (χ0n) is 13.2. The Kier molecular flexibility index (Phi) is 4.75. The summed E-state index contributed by atoms with van der Waals surface area (Å²) in [7, 11) is 0. The van der Waals surface area contributed by atoms with Gasteiger partial charge in [-0.05, 0) is 36.4 Å². The molecule has 7 nitrogen and oxygen atoms in total. The molecule has 126 valence electrons. The van der Waals surface area contributed by atoms with Crippen LogP contribution >= 0.6 is 0 Å². The number of nitrogens with one attached hydrogen (secondary N) is 2. The zero-order chi connectivity index (χ0) is 17.6. The van der Waals surface area contributed by atoms with E-state index in [1.165, 1.54) is 0 Å². The number of aromatic nitrogens is 2. The first-order chi connectivity index (χ1) is 12.1. The summed E-state index contributed by atoms with van der Waals surface area (Å²) >= 11 is 0. The second-order valence-electron chi connectivity index (χ2n) is 5.29. The number of hydrogen-bond acceptors (Lipinski definition) is 4. The van der Waals surface area contributed by atoms with Crippen LogP contribution in [0, 0.1) is 0 Å². The minimum atomic E-state index is -1.08. The van der Waals surface area contributed by atoms with Crippen molar-refractivity contribution in [2.24, 2.45) is 0 Å². The third-order valence-corrected chi connectivity index (χ3v) is 3.44. The van der Waals surface area contributed by atoms with Crippen molar-refractivity contribution >= 4 is 23.3 Å². The van der Waals surface area contributed by atoms with E-state index in [0.717, 1.165) is 17.1 Å². The lowest BCUT2D eigenvalue weighted by molar-refractivity contribution is -0.135. The molecule has 1 aromatic heterocycles. The average Bonchev–Trinajstić information content (AvgIpc) is 3.09. The highest BCUT2D eigenvalue weighted by Crippen LogP contribution is 2.18. The van der Waals surface area contributed by atoms with E-state index < -0.39 is 18.4 Å². The average molecular weight is 336 g/mol. The standard InChI is InChI=1S/C18H16N4O3/c23-17(24)11-19-18(25)13-6-8-14(9-7-13)21-15-10-20-22(12-15)16-4-2-1-3-5-16/h1-10,12,21H,11H2,(H,19,25)(H,23,24). The number of aliphatic carboxylic acids is 1. The lowest BCUT2D eigenvalue weighted by Gasteiger charge is -2.06. The molecule has 0 saturated heterocycles. The highest BCUT2D eigenvalue weighted by Gasteiger charge is 2.07. The highest BCUT2D eigenvalue weighted by atomic mass is 16.4. The van der Waals surface area contributed by atoms with Gasteiger partial charge in [0.1, 0.15) is 6.54 Å². The fraction of sp³-hybridized carbons (Fsp3) is 0.0556. The Morgan fingerprint density at radius 1 is 1.00 bits per heavy atom. The fourth-order valence-electron chi connectivity index (χ4n) is 2.24. The maximum absolute atomic E-state index is 11.8. The van der Waals surface area contributed by atoms with Gasteiger partial charge in [-0.3, -0.25) is 9.59 Å². The van der Waals surface area contributed by atoms with Crippen molar-refractivity contribution in [3.8, 4) is 5.69 Å². The minimum absolute atomic E-state index is 0.395. The van der Waals surface area contributed by atoms with Gasteiger partial charge in [-0.2, -0.15) is 5.10 Å². The highest BCUT2D eigenvalue weighted by molar-refractivity contribution is 5.96. The Labute approximate surface area is 143 Å². The molecule has 3 aromatic rings. The van der Waals surface area contributed by atoms with Gasteiger partial charge in [-0.15, -0.1) is 0 Å². The summed E-state index contributed by atoms with van der Waals surface area (Å²) < 4.78 is 1.76. The van der Waals surface area contributed by atoms with E-state index in [-0.39, 0.29) is 0 Å². The van der Waals surface area contributed by atoms with E-state index >= 15 is 0 Å². The Morgan fingerprint density at radius 3 is 2.40 bits per heavy atom. The second-order valence-corrected chi connectivity index (χ2v) is 5.29. The number of carbonyl (C=O) groups is 2. The van der Waals surface area contributed by atoms with Crippen LogP contribution in [-0.4, -0.2) is 33.3 Å². The molecular formula is C18H16N4O3. The number of carboxylic acids is 1. The smallest absolute Gasteiger partial charge is 0.322 e. The van der Waals surface area contributed by atoms with Crippen LogP contribution in [-0.2, 0) is 4.79 Å². The van der Waals surface area contributed by atoms with Crippen molar-refractivity contribution in [1.82, 2.24) is 15.1 Å². The Morgan fingerprint density at radius 2 is 1.72 bits per heavy atom. The van der Waals surface area contributed by atoms with Crippen molar-refractivity contribution in [3.63, 3.8) is 0 Å². The molecule has 1 heterocycles. The number of hydrogen-bond donors (Lipinski definition) is 3. The molecule has 2 aromatic carbocycles. The summed E-state index contributed by atoms with van der Waals surface area (Å²) in [6, 6.07) is 16.5. The van der Waals surface area contributed by atoms with Crippen LogP contribution < -0.4 is 10.6 Å². The SMILES string of the molecule is O=C(O)CNC(=O)c1ccc(Nc2cnn(-c3ccccc3)c2)cc1. The summed E-state index contributed by atoms with van der Waals surface area (Å²) in [5, 5.41) is 18.4. The van der Waals surface area contributed by atoms with Gasteiger partial charge in [-0.1, -0.05) is 18.2 Å². The van der Waals surface area contributed by atoms with Crippen LogP contribution in [0.1, 0.15) is 10.4 Å². The van der Waals surface area contributed by atoms with E-state index in [2.05, 4.69) is 15.7 Å². The molecule has 0 aliphatic carbocycles. The van der Waals surface area contributed by atoms with Crippen LogP contribution in [0.2, 0.25) is 0 Å². The van der Waals surface area contributed by atoms with E-state index in [1.807, 2.05) is 36.5 Å². The van der Waals surface area contributed by atoms with E-state index in [1.54, 1.807) is 35.1 Å². The largest absolute Gasteiger partial charge is 0.480 e. The van der Waals surface area contributed by atoms with Crippen LogP contribution in [0.25, 0.3) is 5.69 Å². The number of carboxylic acid groups (broad SMARTS) is 1. The molecule has 0 radical (unpaired) electrons. The van der Waals surface area contributed by atoms with Crippen molar-refractivity contribution in [3.05, 3.63) is 72.6 Å². The molecule has 0 aliphatic rings. The third-order valence-electron chi connectivity index (χ3n) is 3.44. The first-order valence-electron chi connectivity index (χ1n) is 7.59. The third kappa shape index (κ3) is 4.23. The van der Waals surface area contributed by atoms with E-state index in [4.69, 9.17) is 5.11 Å². The van der Waals surface area contributed by atoms with Gasteiger partial charge in [-0.25, -0.2) is 4.68 Å². The summed E-state index contributed by atoms with van der Waals surface area (Å²) in [6.45, 7) is -0.405. The van der Waals surface area contributed by atoms with Crippen molar-refractivity contribution in [1.29, 1.82) is 0 Å². The molecule has 0 fully saturated rings. The molecule has 0 unspecified atom stereocenters. The normalized spacial score (nSPS) is 10.2. The molecule has 0 bridgehead atoms. The van der Waals surface area contributed by atoms with Gasteiger partial charge in [0.05, 0.1) is 23.8 Å². The predicted molar refractivity (Wildman–Crippen MR) is 93.3 cm³/mol. The molecule has 0 atom stereocenters. The first-order valence-corrected chi connectivity index (χ1v) is 7.59. The number of para-hydroxylation sites is 1. The molecule has 7 heteroatoms. The summed E-state index contributed by atoms with van der Waals surface area (Å²) in [6.07, 6.45) is 3.57. The van der Waals surface area contributed by atoms with Gasteiger partial charge < -0.3 is 15.7 Å². The van der Waals surface area contributed by atoms with Gasteiger partial charge in [0, 0.05) is 11.3 Å². The lowest BCUT2D eigenvalue weighted by Crippen LogP contribution is -2.29. The number of nitrogens with zero attached hydrogens (tertiary/aromatic N) is 2. The molecule has 0 saturated carbocycles. The number of amides is 1. The predicted octanol–water partition coefficient (Wildman–Crippen LogP) is 2.43.